The van der Waals surface area contributed by atoms with Crippen molar-refractivity contribution in [3.63, 3.8) is 0 Å². The molecule has 0 bridgehead atoms. The average molecular weight is 158 g/mol. The number of ether oxygens (including phenoxy) is 2. The minimum atomic E-state index is -0.909. The summed E-state index contributed by atoms with van der Waals surface area (Å²) in [6.07, 6.45) is -0.00472. The van der Waals surface area contributed by atoms with Gasteiger partial charge in [-0.1, -0.05) is 6.92 Å². The lowest BCUT2D eigenvalue weighted by Crippen LogP contribution is -2.27. The van der Waals surface area contributed by atoms with Crippen LogP contribution in [0.2, 0.25) is 0 Å². The Morgan fingerprint density at radius 1 is 1.45 bits per heavy atom. The van der Waals surface area contributed by atoms with Crippen LogP contribution in [0.3, 0.4) is 0 Å². The first kappa shape index (κ1) is 7.06. The predicted molar refractivity (Wildman–Crippen MR) is 35.2 cm³/mol. The fourth-order valence-electron chi connectivity index (χ4n) is 1.55. The van der Waals surface area contributed by atoms with E-state index in [4.69, 9.17) is 14.6 Å². The van der Waals surface area contributed by atoms with Crippen molar-refractivity contribution < 1.29 is 19.4 Å². The summed E-state index contributed by atoms with van der Waals surface area (Å²) in [7, 11) is 0. The van der Waals surface area contributed by atoms with Crippen LogP contribution in [0.25, 0.3) is 0 Å². The molecular formula is C7H10O4. The molecule has 0 spiro atoms. The summed E-state index contributed by atoms with van der Waals surface area (Å²) in [5.74, 6) is -0.909. The van der Waals surface area contributed by atoms with Crippen LogP contribution in [-0.4, -0.2) is 35.5 Å². The van der Waals surface area contributed by atoms with E-state index in [1.807, 2.05) is 6.92 Å². The van der Waals surface area contributed by atoms with Crippen LogP contribution < -0.4 is 0 Å². The molecule has 0 saturated carbocycles. The number of fused-ring (bicyclic) bond motifs is 1. The van der Waals surface area contributed by atoms with Crippen molar-refractivity contribution in [2.45, 2.75) is 37.8 Å². The molecule has 62 valence electrons. The summed E-state index contributed by atoms with van der Waals surface area (Å²) in [5.41, 5.74) is 0. The lowest BCUT2D eigenvalue weighted by molar-refractivity contribution is -0.154. The molecule has 0 aromatic heterocycles. The second kappa shape index (κ2) is 2.19. The highest BCUT2D eigenvalue weighted by Gasteiger charge is 2.59. The summed E-state index contributed by atoms with van der Waals surface area (Å²) in [6.45, 7) is 1.97. The highest BCUT2D eigenvalue weighted by molar-refractivity contribution is 5.74. The van der Waals surface area contributed by atoms with E-state index in [0.29, 0.717) is 0 Å². The second-order valence-corrected chi connectivity index (χ2v) is 2.91. The molecule has 2 aliphatic rings. The number of carboxylic acid groups (broad SMARTS) is 1. The number of rotatable bonds is 2. The molecule has 1 N–H and O–H groups in total. The molecule has 4 nitrogen and oxygen atoms in total. The molecule has 2 aliphatic heterocycles. The number of carboxylic acids is 1. The molecule has 0 aromatic rings. The lowest BCUT2D eigenvalue weighted by Gasteiger charge is -2.11. The highest BCUT2D eigenvalue weighted by atomic mass is 16.7. The minimum absolute atomic E-state index is 0.00102. The van der Waals surface area contributed by atoms with Crippen molar-refractivity contribution in [3.8, 4) is 0 Å². The van der Waals surface area contributed by atoms with Gasteiger partial charge in [0, 0.05) is 0 Å². The molecule has 0 radical (unpaired) electrons. The van der Waals surface area contributed by atoms with Gasteiger partial charge in [0.1, 0.15) is 12.2 Å². The Balaban J connectivity index is 2.03. The van der Waals surface area contributed by atoms with E-state index in [9.17, 15) is 4.79 Å². The Labute approximate surface area is 64.1 Å². The van der Waals surface area contributed by atoms with Crippen LogP contribution in [0.1, 0.15) is 13.3 Å². The van der Waals surface area contributed by atoms with Crippen LogP contribution in [-0.2, 0) is 14.3 Å². The van der Waals surface area contributed by atoms with Gasteiger partial charge in [-0.2, -0.15) is 0 Å². The van der Waals surface area contributed by atoms with E-state index in [2.05, 4.69) is 0 Å². The molecule has 2 saturated heterocycles. The van der Waals surface area contributed by atoms with Gasteiger partial charge in [0.2, 0.25) is 0 Å². The van der Waals surface area contributed by atoms with Crippen molar-refractivity contribution in [1.82, 2.24) is 0 Å². The topological polar surface area (TPSA) is 59.1 Å². The molecule has 4 atom stereocenters. The van der Waals surface area contributed by atoms with E-state index in [-0.39, 0.29) is 18.3 Å². The normalized spacial score (nSPS) is 47.0. The first-order valence-corrected chi connectivity index (χ1v) is 3.77. The summed E-state index contributed by atoms with van der Waals surface area (Å²) >= 11 is 0. The quantitative estimate of drug-likeness (QED) is 0.575. The van der Waals surface area contributed by atoms with Gasteiger partial charge in [0.25, 0.3) is 0 Å². The van der Waals surface area contributed by atoms with Gasteiger partial charge in [-0.15, -0.1) is 0 Å². The van der Waals surface area contributed by atoms with Gasteiger partial charge in [0.05, 0.1) is 6.10 Å². The van der Waals surface area contributed by atoms with Crippen molar-refractivity contribution >= 4 is 5.97 Å². The van der Waals surface area contributed by atoms with Crippen LogP contribution in [0, 0.1) is 0 Å². The van der Waals surface area contributed by atoms with Gasteiger partial charge in [-0.05, 0) is 6.42 Å². The summed E-state index contributed by atoms with van der Waals surface area (Å²) < 4.78 is 10.3. The third kappa shape index (κ3) is 0.937. The molecule has 2 rings (SSSR count). The Morgan fingerprint density at radius 3 is 2.55 bits per heavy atom. The molecular weight excluding hydrogens is 148 g/mol. The van der Waals surface area contributed by atoms with Crippen LogP contribution in [0.4, 0.5) is 0 Å². The first-order valence-electron chi connectivity index (χ1n) is 3.77. The average Bonchev–Trinajstić information content (AvgIpc) is 2.65. The van der Waals surface area contributed by atoms with Crippen molar-refractivity contribution in [2.75, 3.05) is 0 Å². The Morgan fingerprint density at radius 2 is 2.18 bits per heavy atom. The molecule has 4 heteroatoms. The second-order valence-electron chi connectivity index (χ2n) is 2.91. The Hall–Kier alpha value is -0.610. The number of epoxide rings is 1. The van der Waals surface area contributed by atoms with E-state index >= 15 is 0 Å². The molecule has 2 heterocycles. The maximum atomic E-state index is 10.5. The zero-order valence-corrected chi connectivity index (χ0v) is 6.19. The number of carbonyl (C=O) groups is 1. The zero-order valence-electron chi connectivity index (χ0n) is 6.19. The fourth-order valence-corrected chi connectivity index (χ4v) is 1.55. The van der Waals surface area contributed by atoms with E-state index in [0.717, 1.165) is 6.42 Å². The SMILES string of the molecule is CCC1OC(C(=O)O)C2OC12. The van der Waals surface area contributed by atoms with Crippen LogP contribution in [0.15, 0.2) is 0 Å². The summed E-state index contributed by atoms with van der Waals surface area (Å²) in [4.78, 5) is 10.5. The summed E-state index contributed by atoms with van der Waals surface area (Å²) in [6, 6.07) is 0. The minimum Gasteiger partial charge on any atom is -0.479 e. The first-order chi connectivity index (χ1) is 5.24. The van der Waals surface area contributed by atoms with Gasteiger partial charge >= 0.3 is 5.97 Å². The largest absolute Gasteiger partial charge is 0.479 e. The smallest absolute Gasteiger partial charge is 0.335 e. The van der Waals surface area contributed by atoms with Gasteiger partial charge in [-0.25, -0.2) is 4.79 Å². The Bertz CT molecular complexity index is 191. The van der Waals surface area contributed by atoms with Gasteiger partial charge in [-0.3, -0.25) is 0 Å². The van der Waals surface area contributed by atoms with E-state index < -0.39 is 12.1 Å². The van der Waals surface area contributed by atoms with Gasteiger partial charge in [0.15, 0.2) is 6.10 Å². The molecule has 11 heavy (non-hydrogen) atoms. The number of hydrogen-bond acceptors (Lipinski definition) is 3. The molecule has 2 fully saturated rings. The van der Waals surface area contributed by atoms with Crippen molar-refractivity contribution in [3.05, 3.63) is 0 Å². The third-order valence-corrected chi connectivity index (χ3v) is 2.19. The standard InChI is InChI=1S/C7H10O4/c1-2-3-4-5(11-4)6(10-3)7(8)9/h3-6H,2H2,1H3,(H,8,9). The third-order valence-electron chi connectivity index (χ3n) is 2.19. The maximum Gasteiger partial charge on any atom is 0.335 e. The Kier molecular flexibility index (Phi) is 1.40. The molecule has 0 amide bonds. The van der Waals surface area contributed by atoms with Crippen molar-refractivity contribution in [1.29, 1.82) is 0 Å². The van der Waals surface area contributed by atoms with Gasteiger partial charge < -0.3 is 14.6 Å². The number of hydrogen-bond donors (Lipinski definition) is 1. The highest BCUT2D eigenvalue weighted by Crippen LogP contribution is 2.40. The zero-order chi connectivity index (χ0) is 8.01. The van der Waals surface area contributed by atoms with E-state index in [1.165, 1.54) is 0 Å². The van der Waals surface area contributed by atoms with Crippen molar-refractivity contribution in [2.24, 2.45) is 0 Å². The van der Waals surface area contributed by atoms with E-state index in [1.54, 1.807) is 0 Å². The number of aliphatic carboxylic acids is 1. The maximum absolute atomic E-state index is 10.5. The van der Waals surface area contributed by atoms with Crippen LogP contribution >= 0.6 is 0 Å². The monoisotopic (exact) mass is 158 g/mol. The molecule has 0 aromatic carbocycles. The lowest BCUT2D eigenvalue weighted by atomic mass is 10.2. The summed E-state index contributed by atoms with van der Waals surface area (Å²) in [5, 5.41) is 8.62. The molecule has 4 unspecified atom stereocenters. The predicted octanol–water partition coefficient (Wildman–Crippen LogP) is 0.0158. The van der Waals surface area contributed by atoms with Crippen LogP contribution in [0.5, 0.6) is 0 Å². The fraction of sp³-hybridized carbons (Fsp3) is 0.857. The molecule has 0 aliphatic carbocycles.